The van der Waals surface area contributed by atoms with E-state index in [0.29, 0.717) is 63.7 Å². The molecule has 0 radical (unpaired) electrons. The van der Waals surface area contributed by atoms with E-state index >= 15 is 0 Å². The molecule has 14 nitrogen and oxygen atoms in total. The van der Waals surface area contributed by atoms with E-state index in [1.807, 2.05) is 58.0 Å². The number of rotatable bonds is 5. The van der Waals surface area contributed by atoms with Crippen molar-refractivity contribution in [3.05, 3.63) is 48.4 Å². The van der Waals surface area contributed by atoms with Crippen LogP contribution in [0.3, 0.4) is 0 Å². The molecule has 1 aliphatic carbocycles. The molecule has 6 heterocycles. The van der Waals surface area contributed by atoms with Crippen molar-refractivity contribution in [2.45, 2.75) is 135 Å². The maximum Gasteiger partial charge on any atom is 0.260 e. The Balaban J connectivity index is 0.000000165. The third-order valence-corrected chi connectivity index (χ3v) is 13.9. The normalized spacial score (nSPS) is 24.8. The van der Waals surface area contributed by atoms with Crippen molar-refractivity contribution in [1.82, 2.24) is 19.6 Å². The highest BCUT2D eigenvalue weighted by molar-refractivity contribution is 6.55. The van der Waals surface area contributed by atoms with Gasteiger partial charge in [-0.1, -0.05) is 125 Å². The lowest BCUT2D eigenvalue weighted by molar-refractivity contribution is -0.163. The molecule has 5 fully saturated rings. The van der Waals surface area contributed by atoms with Crippen LogP contribution in [0.1, 0.15) is 98.4 Å². The zero-order valence-electron chi connectivity index (χ0n) is 37.6. The number of amides is 5. The molecule has 3 unspecified atom stereocenters. The Labute approximate surface area is 426 Å². The molecular formula is C44H57Cl8N5O9. The number of para-hydroxylation sites is 2. The molecule has 1 aromatic carbocycles. The first-order chi connectivity index (χ1) is 30.9. The van der Waals surface area contributed by atoms with E-state index in [0.717, 1.165) is 31.4 Å². The molecule has 1 spiro atoms. The number of hydrogen-bond acceptors (Lipinski definition) is 9. The SMILES string of the molecule is CC1(C)CN2C(=O)CCC2(C)N(C(=O)C(Cl)Cl)C1.CC1(C)OC(c2ccco2)CN1C(=O)C(Cl)Cl.CC1COc2ccccc2N1C(=O)C(Cl)Cl.O=C(C(Cl)Cl)N1CCOC12CCCCC2. The summed E-state index contributed by atoms with van der Waals surface area (Å²) in [4.78, 5) is 63.8. The molecule has 4 saturated heterocycles. The van der Waals surface area contributed by atoms with Gasteiger partial charge in [0.25, 0.3) is 23.6 Å². The fraction of sp³-hybridized carbons (Fsp3) is 0.659. The van der Waals surface area contributed by atoms with Gasteiger partial charge in [-0.15, -0.1) is 0 Å². The lowest BCUT2D eigenvalue weighted by Crippen LogP contribution is -2.67. The van der Waals surface area contributed by atoms with Crippen LogP contribution in [0.5, 0.6) is 5.75 Å². The number of furan rings is 1. The zero-order chi connectivity index (χ0) is 48.9. The molecule has 1 saturated carbocycles. The van der Waals surface area contributed by atoms with E-state index in [2.05, 4.69) is 0 Å². The number of fused-ring (bicyclic) bond motifs is 2. The average molecular weight is 1080 g/mol. The van der Waals surface area contributed by atoms with E-state index in [9.17, 15) is 24.0 Å². The Kier molecular flexibility index (Phi) is 18.9. The van der Waals surface area contributed by atoms with Crippen LogP contribution in [0, 0.1) is 5.41 Å². The van der Waals surface area contributed by atoms with Crippen molar-refractivity contribution >= 4 is 128 Å². The van der Waals surface area contributed by atoms with Crippen LogP contribution < -0.4 is 9.64 Å². The summed E-state index contributed by atoms with van der Waals surface area (Å²) in [5.41, 5.74) is -1.12. The van der Waals surface area contributed by atoms with Gasteiger partial charge in [0, 0.05) is 31.5 Å². The highest BCUT2D eigenvalue weighted by Gasteiger charge is 2.54. The topological polar surface area (TPSA) is 142 Å². The molecule has 368 valence electrons. The summed E-state index contributed by atoms with van der Waals surface area (Å²) in [5.74, 6) is 0.283. The van der Waals surface area contributed by atoms with Gasteiger partial charge in [0.1, 0.15) is 41.3 Å². The highest BCUT2D eigenvalue weighted by atomic mass is 35.5. The Morgan fingerprint density at radius 3 is 1.89 bits per heavy atom. The number of carbonyl (C=O) groups is 5. The monoisotopic (exact) mass is 1080 g/mol. The summed E-state index contributed by atoms with van der Waals surface area (Å²) < 4.78 is 22.3. The van der Waals surface area contributed by atoms with Crippen molar-refractivity contribution in [1.29, 1.82) is 0 Å². The number of nitrogens with zero attached hydrogens (tertiary/aromatic N) is 5. The molecule has 1 aromatic heterocycles. The first-order valence-electron chi connectivity index (χ1n) is 21.6. The van der Waals surface area contributed by atoms with Crippen LogP contribution in [0.4, 0.5) is 5.69 Å². The van der Waals surface area contributed by atoms with Crippen LogP contribution >= 0.6 is 92.8 Å². The maximum atomic E-state index is 12.2. The van der Waals surface area contributed by atoms with Gasteiger partial charge in [-0.3, -0.25) is 24.0 Å². The van der Waals surface area contributed by atoms with Crippen LogP contribution in [0.2, 0.25) is 0 Å². The zero-order valence-corrected chi connectivity index (χ0v) is 43.7. The molecule has 5 amide bonds. The van der Waals surface area contributed by atoms with Gasteiger partial charge in [-0.05, 0) is 84.1 Å². The predicted octanol–water partition coefficient (Wildman–Crippen LogP) is 9.63. The Morgan fingerprint density at radius 1 is 0.712 bits per heavy atom. The molecule has 6 aliphatic rings. The number of hydrogen-bond donors (Lipinski definition) is 0. The quantitative estimate of drug-likeness (QED) is 0.268. The van der Waals surface area contributed by atoms with Gasteiger partial charge in [-0.2, -0.15) is 0 Å². The van der Waals surface area contributed by atoms with E-state index in [1.165, 1.54) is 11.3 Å². The van der Waals surface area contributed by atoms with E-state index < -0.39 is 36.5 Å². The summed E-state index contributed by atoms with van der Waals surface area (Å²) >= 11 is 45.1. The second kappa shape index (κ2) is 22.8. The van der Waals surface area contributed by atoms with Gasteiger partial charge in [0.15, 0.2) is 19.3 Å². The largest absolute Gasteiger partial charge is 0.489 e. The summed E-state index contributed by atoms with van der Waals surface area (Å²) in [7, 11) is 0. The van der Waals surface area contributed by atoms with Gasteiger partial charge in [0.2, 0.25) is 5.91 Å². The van der Waals surface area contributed by atoms with E-state index in [4.69, 9.17) is 111 Å². The van der Waals surface area contributed by atoms with E-state index in [1.54, 1.807) is 45.8 Å². The van der Waals surface area contributed by atoms with Gasteiger partial charge in [0.05, 0.1) is 31.1 Å². The minimum atomic E-state index is -1.08. The van der Waals surface area contributed by atoms with Gasteiger partial charge in [-0.25, -0.2) is 0 Å². The smallest absolute Gasteiger partial charge is 0.260 e. The predicted molar refractivity (Wildman–Crippen MR) is 258 cm³/mol. The molecule has 2 aromatic rings. The van der Waals surface area contributed by atoms with Crippen molar-refractivity contribution < 1.29 is 42.6 Å². The Bertz CT molecular complexity index is 2020. The standard InChI is InChI=1S/C12H18Cl2N2O2.C11H13Cl2NO3.C11H11Cl2NO2.C10H15Cl2NO2/c1-11(2)6-15-8(17)4-5-12(15,3)16(7-11)10(18)9(13)14;1-11(2)14(10(15)9(12)13)6-8(17-11)7-4-3-5-16-7;1-7-6-16-9-5-3-2-4-8(9)14(7)11(15)10(12)13;11-8(12)9(14)13-6-7-15-10(13)4-2-1-3-5-10/h9H,4-7H2,1-3H3;3-5,8-9H,6H2,1-2H3;2-5,7,10H,6H2,1H3;8H,1-7H2. The number of alkyl halides is 8. The lowest BCUT2D eigenvalue weighted by Gasteiger charge is -2.54. The molecule has 5 aliphatic heterocycles. The molecule has 8 rings (SSSR count). The van der Waals surface area contributed by atoms with Crippen LogP contribution in [0.15, 0.2) is 47.1 Å². The summed E-state index contributed by atoms with van der Waals surface area (Å²) in [5, 5.41) is 0. The molecule has 66 heavy (non-hydrogen) atoms. The summed E-state index contributed by atoms with van der Waals surface area (Å²) in [6.45, 7) is 14.8. The van der Waals surface area contributed by atoms with Crippen LogP contribution in [-0.2, 0) is 33.4 Å². The first kappa shape index (κ1) is 54.8. The van der Waals surface area contributed by atoms with Crippen molar-refractivity contribution in [3.63, 3.8) is 0 Å². The van der Waals surface area contributed by atoms with Gasteiger partial charge < -0.3 is 43.1 Å². The number of halogens is 8. The fourth-order valence-corrected chi connectivity index (χ4v) is 10.1. The minimum absolute atomic E-state index is 0.0672. The van der Waals surface area contributed by atoms with Crippen LogP contribution in [-0.4, -0.2) is 131 Å². The Hall–Kier alpha value is -2.11. The lowest BCUT2D eigenvalue weighted by atomic mass is 9.86. The number of benzene rings is 1. The maximum absolute atomic E-state index is 12.2. The Morgan fingerprint density at radius 2 is 1.30 bits per heavy atom. The third-order valence-electron chi connectivity index (χ3n) is 12.4. The molecule has 0 N–H and O–H groups in total. The number of carbonyl (C=O) groups excluding carboxylic acids is 5. The van der Waals surface area contributed by atoms with Crippen molar-refractivity contribution in [3.8, 4) is 5.75 Å². The second-order valence-corrected chi connectivity index (χ2v) is 22.6. The molecular weight excluding hydrogens is 1030 g/mol. The number of ether oxygens (including phenoxy) is 3. The molecule has 3 atom stereocenters. The third kappa shape index (κ3) is 12.6. The van der Waals surface area contributed by atoms with Gasteiger partial charge >= 0.3 is 0 Å². The number of anilines is 1. The minimum Gasteiger partial charge on any atom is -0.489 e. The molecule has 22 heteroatoms. The van der Waals surface area contributed by atoms with Crippen molar-refractivity contribution in [2.24, 2.45) is 5.41 Å². The average Bonchev–Trinajstić information content (AvgIpc) is 4.07. The summed E-state index contributed by atoms with van der Waals surface area (Å²) in [6.07, 6.45) is 7.69. The van der Waals surface area contributed by atoms with Crippen LogP contribution in [0.25, 0.3) is 0 Å². The van der Waals surface area contributed by atoms with Crippen molar-refractivity contribution in [2.75, 3.05) is 44.3 Å². The fourth-order valence-electron chi connectivity index (χ4n) is 9.16. The first-order valence-corrected chi connectivity index (χ1v) is 25.1. The highest BCUT2D eigenvalue weighted by Crippen LogP contribution is 2.43. The summed E-state index contributed by atoms with van der Waals surface area (Å²) in [6, 6.07) is 10.9. The molecule has 0 bridgehead atoms. The van der Waals surface area contributed by atoms with E-state index in [-0.39, 0.29) is 47.1 Å². The second-order valence-electron chi connectivity index (χ2n) is 18.2.